The van der Waals surface area contributed by atoms with Gasteiger partial charge in [-0.1, -0.05) is 0 Å². The highest BCUT2D eigenvalue weighted by atomic mass is 32.2. The van der Waals surface area contributed by atoms with Crippen LogP contribution < -0.4 is 14.8 Å². The molecule has 0 fully saturated rings. The third kappa shape index (κ3) is 4.74. The van der Waals surface area contributed by atoms with Gasteiger partial charge in [0.25, 0.3) is 0 Å². The molecular weight excluding hydrogens is 344 g/mol. The van der Waals surface area contributed by atoms with E-state index < -0.39 is 16.1 Å². The predicted molar refractivity (Wildman–Crippen MR) is 92.8 cm³/mol. The normalized spacial score (nSPS) is 12.5. The second-order valence-electron chi connectivity index (χ2n) is 5.44. The summed E-state index contributed by atoms with van der Waals surface area (Å²) < 4.78 is 32.9. The van der Waals surface area contributed by atoms with E-state index in [4.69, 9.17) is 4.74 Å². The number of benzene rings is 1. The molecule has 1 aromatic heterocycles. The van der Waals surface area contributed by atoms with Crippen molar-refractivity contribution in [3.63, 3.8) is 0 Å². The molecule has 0 aliphatic rings. The fraction of sp³-hybridized carbons (Fsp3) is 0.312. The summed E-state index contributed by atoms with van der Waals surface area (Å²) >= 11 is 0. The van der Waals surface area contributed by atoms with Crippen LogP contribution in [0.4, 0.5) is 5.69 Å². The van der Waals surface area contributed by atoms with Gasteiger partial charge in [0.2, 0.25) is 15.9 Å². The van der Waals surface area contributed by atoms with Crippen molar-refractivity contribution in [2.75, 3.05) is 12.4 Å². The maximum absolute atomic E-state index is 12.6. The lowest BCUT2D eigenvalue weighted by molar-refractivity contribution is -0.114. The molecule has 0 saturated heterocycles. The number of ether oxygens (including phenoxy) is 1. The van der Waals surface area contributed by atoms with Crippen molar-refractivity contribution >= 4 is 21.6 Å². The number of nitrogens with zero attached hydrogens (tertiary/aromatic N) is 2. The summed E-state index contributed by atoms with van der Waals surface area (Å²) in [5, 5.41) is 2.55. The number of amides is 1. The number of aryl methyl sites for hydroxylation is 1. The lowest BCUT2D eigenvalue weighted by Crippen LogP contribution is -2.28. The molecule has 2 rings (SSSR count). The third-order valence-corrected chi connectivity index (χ3v) is 4.86. The zero-order valence-electron chi connectivity index (χ0n) is 14.4. The molecule has 1 heterocycles. The summed E-state index contributed by atoms with van der Waals surface area (Å²) in [6.07, 6.45) is 1.57. The van der Waals surface area contributed by atoms with E-state index in [1.54, 1.807) is 26.1 Å². The van der Waals surface area contributed by atoms with Gasteiger partial charge in [-0.15, -0.1) is 0 Å². The van der Waals surface area contributed by atoms with Crippen molar-refractivity contribution in [3.05, 3.63) is 42.0 Å². The van der Waals surface area contributed by atoms with Crippen molar-refractivity contribution in [2.24, 2.45) is 0 Å². The number of hydrogen-bond acceptors (Lipinski definition) is 6. The number of aromatic nitrogens is 2. The molecule has 2 N–H and O–H groups in total. The molecule has 1 atom stereocenters. The molecule has 1 amide bonds. The molecule has 8 nitrogen and oxygen atoms in total. The van der Waals surface area contributed by atoms with E-state index in [0.29, 0.717) is 11.6 Å². The first kappa shape index (κ1) is 18.8. The third-order valence-electron chi connectivity index (χ3n) is 3.32. The van der Waals surface area contributed by atoms with E-state index in [0.717, 1.165) is 5.69 Å². The average molecular weight is 364 g/mol. The molecule has 1 unspecified atom stereocenters. The molecule has 2 aromatic rings. The van der Waals surface area contributed by atoms with E-state index in [1.165, 1.54) is 32.2 Å². The highest BCUT2D eigenvalue weighted by molar-refractivity contribution is 7.89. The van der Waals surface area contributed by atoms with Crippen molar-refractivity contribution in [3.8, 4) is 5.75 Å². The van der Waals surface area contributed by atoms with Crippen molar-refractivity contribution < 1.29 is 17.9 Å². The van der Waals surface area contributed by atoms with Gasteiger partial charge in [-0.2, -0.15) is 0 Å². The topological polar surface area (TPSA) is 110 Å². The first-order chi connectivity index (χ1) is 11.7. The number of hydrogen-bond donors (Lipinski definition) is 2. The summed E-state index contributed by atoms with van der Waals surface area (Å²) in [7, 11) is -2.41. The fourth-order valence-corrected chi connectivity index (χ4v) is 3.40. The van der Waals surface area contributed by atoms with E-state index in [-0.39, 0.29) is 16.5 Å². The smallest absolute Gasteiger partial charge is 0.241 e. The number of carbonyl (C=O) groups is 1. The lowest BCUT2D eigenvalue weighted by atomic mass is 10.3. The maximum atomic E-state index is 12.6. The predicted octanol–water partition coefficient (Wildman–Crippen LogP) is 1.79. The van der Waals surface area contributed by atoms with Gasteiger partial charge in [-0.05, 0) is 38.1 Å². The van der Waals surface area contributed by atoms with Crippen molar-refractivity contribution in [1.82, 2.24) is 14.7 Å². The number of methoxy groups -OCH3 is 1. The van der Waals surface area contributed by atoms with Gasteiger partial charge >= 0.3 is 0 Å². The summed E-state index contributed by atoms with van der Waals surface area (Å²) in [6, 6.07) is 5.33. The number of nitrogens with one attached hydrogen (secondary N) is 2. The van der Waals surface area contributed by atoms with Crippen LogP contribution in [-0.4, -0.2) is 31.4 Å². The summed E-state index contributed by atoms with van der Waals surface area (Å²) in [6.45, 7) is 4.79. The highest BCUT2D eigenvalue weighted by Crippen LogP contribution is 2.28. The van der Waals surface area contributed by atoms with Gasteiger partial charge in [0.1, 0.15) is 11.6 Å². The van der Waals surface area contributed by atoms with Crippen molar-refractivity contribution in [2.45, 2.75) is 31.7 Å². The quantitative estimate of drug-likeness (QED) is 0.808. The minimum Gasteiger partial charge on any atom is -0.495 e. The van der Waals surface area contributed by atoms with Crippen LogP contribution in [0, 0.1) is 6.92 Å². The second kappa shape index (κ2) is 7.58. The van der Waals surface area contributed by atoms with Crippen LogP contribution >= 0.6 is 0 Å². The monoisotopic (exact) mass is 364 g/mol. The Labute approximate surface area is 146 Å². The van der Waals surface area contributed by atoms with Crippen LogP contribution in [0.5, 0.6) is 5.75 Å². The van der Waals surface area contributed by atoms with Crippen LogP contribution in [0.25, 0.3) is 0 Å². The molecule has 9 heteroatoms. The summed E-state index contributed by atoms with van der Waals surface area (Å²) in [5.74, 6) is 0.408. The van der Waals surface area contributed by atoms with Crippen LogP contribution in [0.1, 0.15) is 31.4 Å². The van der Waals surface area contributed by atoms with Gasteiger partial charge in [-0.3, -0.25) is 4.79 Å². The van der Waals surface area contributed by atoms with E-state index in [2.05, 4.69) is 20.0 Å². The first-order valence-corrected chi connectivity index (χ1v) is 8.99. The highest BCUT2D eigenvalue weighted by Gasteiger charge is 2.21. The minimum absolute atomic E-state index is 0.00319. The zero-order valence-corrected chi connectivity index (χ0v) is 15.2. The Kier molecular flexibility index (Phi) is 5.70. The van der Waals surface area contributed by atoms with Crippen LogP contribution in [-0.2, 0) is 14.8 Å². The Morgan fingerprint density at radius 2 is 2.00 bits per heavy atom. The Bertz CT molecular complexity index is 883. The lowest BCUT2D eigenvalue weighted by Gasteiger charge is -2.15. The van der Waals surface area contributed by atoms with E-state index in [9.17, 15) is 13.2 Å². The van der Waals surface area contributed by atoms with E-state index >= 15 is 0 Å². The molecule has 0 saturated carbocycles. The van der Waals surface area contributed by atoms with Crippen LogP contribution in [0.2, 0.25) is 0 Å². The molecule has 0 aliphatic carbocycles. The first-order valence-electron chi connectivity index (χ1n) is 7.50. The minimum atomic E-state index is -3.84. The Hall–Kier alpha value is -2.52. The fourth-order valence-electron chi connectivity index (χ4n) is 2.17. The van der Waals surface area contributed by atoms with Gasteiger partial charge in [-0.25, -0.2) is 23.1 Å². The summed E-state index contributed by atoms with van der Waals surface area (Å²) in [4.78, 5) is 19.6. The maximum Gasteiger partial charge on any atom is 0.241 e. The SMILES string of the molecule is COc1ccc(S(=O)(=O)NC(C)c2nccc(C)n2)cc1NC(C)=O. The largest absolute Gasteiger partial charge is 0.495 e. The zero-order chi connectivity index (χ0) is 18.6. The molecule has 134 valence electrons. The standard InChI is InChI=1S/C16H20N4O4S/c1-10-7-8-17-16(18-10)11(2)20-25(22,23)13-5-6-15(24-4)14(9-13)19-12(3)21/h5-9,11,20H,1-4H3,(H,19,21). The van der Waals surface area contributed by atoms with Gasteiger partial charge < -0.3 is 10.1 Å². The number of sulfonamides is 1. The Balaban J connectivity index is 2.31. The van der Waals surface area contributed by atoms with Gasteiger partial charge in [0, 0.05) is 18.8 Å². The summed E-state index contributed by atoms with van der Waals surface area (Å²) in [5.41, 5.74) is 1.02. The second-order valence-corrected chi connectivity index (χ2v) is 7.16. The molecular formula is C16H20N4O4S. The van der Waals surface area contributed by atoms with E-state index in [1.807, 2.05) is 0 Å². The molecule has 0 bridgehead atoms. The Morgan fingerprint density at radius 3 is 2.60 bits per heavy atom. The molecule has 25 heavy (non-hydrogen) atoms. The molecule has 0 radical (unpaired) electrons. The van der Waals surface area contributed by atoms with Crippen molar-refractivity contribution in [1.29, 1.82) is 0 Å². The molecule has 1 aromatic carbocycles. The molecule has 0 spiro atoms. The van der Waals surface area contributed by atoms with Crippen LogP contribution in [0.3, 0.4) is 0 Å². The van der Waals surface area contributed by atoms with Crippen LogP contribution in [0.15, 0.2) is 35.4 Å². The van der Waals surface area contributed by atoms with Gasteiger partial charge in [0.05, 0.1) is 23.7 Å². The Morgan fingerprint density at radius 1 is 1.28 bits per heavy atom. The molecule has 0 aliphatic heterocycles. The average Bonchev–Trinajstić information content (AvgIpc) is 2.53. The number of carbonyl (C=O) groups excluding carboxylic acids is 1. The number of anilines is 1. The van der Waals surface area contributed by atoms with Gasteiger partial charge in [0.15, 0.2) is 0 Å². The number of rotatable bonds is 6.